The lowest BCUT2D eigenvalue weighted by Crippen LogP contribution is -2.24. The average molecular weight is 489 g/mol. The van der Waals surface area contributed by atoms with Crippen LogP contribution in [0.1, 0.15) is 96.8 Å². The van der Waals surface area contributed by atoms with Crippen molar-refractivity contribution in [3.63, 3.8) is 0 Å². The highest BCUT2D eigenvalue weighted by Crippen LogP contribution is 2.35. The van der Waals surface area contributed by atoms with Gasteiger partial charge in [0.25, 0.3) is 0 Å². The van der Waals surface area contributed by atoms with E-state index < -0.39 is 20.0 Å². The van der Waals surface area contributed by atoms with Gasteiger partial charge in [0.05, 0.1) is 26.4 Å². The fourth-order valence-corrected chi connectivity index (χ4v) is 3.30. The van der Waals surface area contributed by atoms with Crippen LogP contribution < -0.4 is 0 Å². The molecule has 0 aliphatic carbocycles. The minimum Gasteiger partial charge on any atom is -0.394 e. The summed E-state index contributed by atoms with van der Waals surface area (Å²) in [6.45, 7) is 1.41. The Morgan fingerprint density at radius 3 is 1.41 bits per heavy atom. The highest BCUT2D eigenvalue weighted by molar-refractivity contribution is 7.46. The van der Waals surface area contributed by atoms with Crippen LogP contribution in [0.5, 0.6) is 0 Å². The van der Waals surface area contributed by atoms with Crippen molar-refractivity contribution < 1.29 is 44.0 Å². The first-order valence-electron chi connectivity index (χ1n) is 12.1. The molecule has 0 radical (unpaired) electrons. The first-order chi connectivity index (χ1) is 15.3. The van der Waals surface area contributed by atoms with Crippen molar-refractivity contribution in [2.24, 2.45) is 0 Å². The van der Waals surface area contributed by atoms with Crippen LogP contribution in [0.4, 0.5) is 0 Å². The van der Waals surface area contributed by atoms with Crippen LogP contribution in [0.3, 0.4) is 0 Å². The third-order valence-electron chi connectivity index (χ3n) is 4.91. The fourth-order valence-electron chi connectivity index (χ4n) is 2.94. The molecule has 0 saturated heterocycles. The van der Waals surface area contributed by atoms with Crippen LogP contribution in [-0.4, -0.2) is 75.5 Å². The van der Waals surface area contributed by atoms with Crippen molar-refractivity contribution >= 4 is 7.82 Å². The fraction of sp³-hybridized carbons (Fsp3) is 1.00. The Kier molecular flexibility index (Phi) is 27.2. The van der Waals surface area contributed by atoms with Crippen LogP contribution in [-0.2, 0) is 13.8 Å². The smallest absolute Gasteiger partial charge is 0.394 e. The van der Waals surface area contributed by atoms with Crippen LogP contribution in [0.15, 0.2) is 0 Å². The Hall–Kier alpha value is -0.0900. The lowest BCUT2D eigenvalue weighted by molar-refractivity contribution is -0.0205. The number of rotatable bonds is 22. The first-order valence-corrected chi connectivity index (χ1v) is 13.7. The maximum Gasteiger partial charge on any atom is 0.469 e. The molecule has 196 valence electrons. The SMILES string of the molecule is CCCCCCCCCCCCCCCCOC(CO)COP(=O)(O)O.OCC(O)CO. The third-order valence-corrected chi connectivity index (χ3v) is 5.39. The van der Waals surface area contributed by atoms with Gasteiger partial charge in [-0.1, -0.05) is 90.4 Å². The largest absolute Gasteiger partial charge is 0.469 e. The van der Waals surface area contributed by atoms with Crippen molar-refractivity contribution in [1.82, 2.24) is 0 Å². The molecule has 0 spiro atoms. The van der Waals surface area contributed by atoms with Gasteiger partial charge in [0.2, 0.25) is 0 Å². The van der Waals surface area contributed by atoms with Gasteiger partial charge in [-0.05, 0) is 6.42 Å². The van der Waals surface area contributed by atoms with Gasteiger partial charge in [0, 0.05) is 6.61 Å². The summed E-state index contributed by atoms with van der Waals surface area (Å²) < 4.78 is 20.3. The van der Waals surface area contributed by atoms with Crippen molar-refractivity contribution in [3.8, 4) is 0 Å². The van der Waals surface area contributed by atoms with E-state index in [0.29, 0.717) is 6.61 Å². The van der Waals surface area contributed by atoms with Crippen LogP contribution >= 0.6 is 7.82 Å². The summed E-state index contributed by atoms with van der Waals surface area (Å²) in [6.07, 6.45) is 16.4. The molecule has 0 amide bonds. The number of hydrogen-bond acceptors (Lipinski definition) is 7. The zero-order valence-electron chi connectivity index (χ0n) is 19.9. The second-order valence-corrected chi connectivity index (χ2v) is 9.32. The molecular weight excluding hydrogens is 439 g/mol. The molecule has 32 heavy (non-hydrogen) atoms. The van der Waals surface area contributed by atoms with Crippen molar-refractivity contribution in [3.05, 3.63) is 0 Å². The number of phosphoric acid groups is 1. The summed E-state index contributed by atoms with van der Waals surface area (Å²) in [7, 11) is -4.50. The van der Waals surface area contributed by atoms with Gasteiger partial charge < -0.3 is 34.9 Å². The molecule has 0 aliphatic rings. The first kappa shape index (κ1) is 34.1. The average Bonchev–Trinajstić information content (AvgIpc) is 2.77. The lowest BCUT2D eigenvalue weighted by atomic mass is 10.0. The predicted molar refractivity (Wildman–Crippen MR) is 125 cm³/mol. The van der Waals surface area contributed by atoms with Gasteiger partial charge in [-0.15, -0.1) is 0 Å². The third kappa shape index (κ3) is 29.9. The monoisotopic (exact) mass is 488 g/mol. The summed E-state index contributed by atoms with van der Waals surface area (Å²) in [5, 5.41) is 33.1. The molecule has 1 unspecified atom stereocenters. The normalized spacial score (nSPS) is 12.6. The second kappa shape index (κ2) is 25.5. The molecular formula is C22H49O9P. The Morgan fingerprint density at radius 1 is 0.688 bits per heavy atom. The van der Waals surface area contributed by atoms with Gasteiger partial charge in [0.15, 0.2) is 0 Å². The summed E-state index contributed by atoms with van der Waals surface area (Å²) in [4.78, 5) is 17.2. The van der Waals surface area contributed by atoms with E-state index in [1.807, 2.05) is 0 Å². The van der Waals surface area contributed by atoms with Crippen molar-refractivity contribution in [2.45, 2.75) is 109 Å². The van der Waals surface area contributed by atoms with E-state index >= 15 is 0 Å². The lowest BCUT2D eigenvalue weighted by Gasteiger charge is -2.15. The van der Waals surface area contributed by atoms with Gasteiger partial charge in [-0.25, -0.2) is 4.57 Å². The van der Waals surface area contributed by atoms with E-state index in [-0.39, 0.29) is 26.4 Å². The summed E-state index contributed by atoms with van der Waals surface area (Å²) in [6, 6.07) is 0. The molecule has 0 aromatic heterocycles. The van der Waals surface area contributed by atoms with Gasteiger partial charge in [-0.2, -0.15) is 0 Å². The maximum absolute atomic E-state index is 10.6. The van der Waals surface area contributed by atoms with E-state index in [9.17, 15) is 4.57 Å². The minimum atomic E-state index is -4.50. The zero-order chi connectivity index (χ0) is 24.5. The predicted octanol–water partition coefficient (Wildman–Crippen LogP) is 3.29. The van der Waals surface area contributed by atoms with E-state index in [1.54, 1.807) is 0 Å². The number of hydrogen-bond donors (Lipinski definition) is 6. The Bertz CT molecular complexity index is 403. The number of phosphoric ester groups is 1. The molecule has 10 heteroatoms. The zero-order valence-corrected chi connectivity index (χ0v) is 20.8. The van der Waals surface area contributed by atoms with Crippen molar-refractivity contribution in [1.29, 1.82) is 0 Å². The Morgan fingerprint density at radius 2 is 1.09 bits per heavy atom. The van der Waals surface area contributed by atoms with Gasteiger partial charge >= 0.3 is 7.82 Å². The summed E-state index contributed by atoms with van der Waals surface area (Å²) in [5.74, 6) is 0. The molecule has 6 N–H and O–H groups in total. The van der Waals surface area contributed by atoms with E-state index in [1.165, 1.54) is 77.0 Å². The highest BCUT2D eigenvalue weighted by atomic mass is 31.2. The number of ether oxygens (including phenoxy) is 1. The summed E-state index contributed by atoms with van der Waals surface area (Å²) >= 11 is 0. The standard InChI is InChI=1S/C19H41O6P.C3H8O3/c1-2-3-4-5-6-7-8-9-10-11-12-13-14-15-16-24-19(17-20)18-25-26(21,22)23;4-1-3(6)2-5/h19-20H,2-18H2,1H3,(H2,21,22,23);3-6H,1-2H2. The quantitative estimate of drug-likeness (QED) is 0.0994. The molecule has 0 saturated carbocycles. The number of aliphatic hydroxyl groups excluding tert-OH is 4. The molecule has 0 heterocycles. The van der Waals surface area contributed by atoms with E-state index in [2.05, 4.69) is 11.4 Å². The molecule has 1 atom stereocenters. The summed E-state index contributed by atoms with van der Waals surface area (Å²) in [5.41, 5.74) is 0. The molecule has 0 aliphatic heterocycles. The molecule has 0 bridgehead atoms. The second-order valence-electron chi connectivity index (χ2n) is 8.08. The Balaban J connectivity index is 0. The topological polar surface area (TPSA) is 157 Å². The molecule has 0 rings (SSSR count). The highest BCUT2D eigenvalue weighted by Gasteiger charge is 2.18. The van der Waals surface area contributed by atoms with Crippen LogP contribution in [0.2, 0.25) is 0 Å². The molecule has 0 aromatic rings. The van der Waals surface area contributed by atoms with Gasteiger partial charge in [-0.3, -0.25) is 4.52 Å². The minimum absolute atomic E-state index is 0.292. The number of unbranched alkanes of at least 4 members (excludes halogenated alkanes) is 13. The molecule has 0 aromatic carbocycles. The van der Waals surface area contributed by atoms with Crippen LogP contribution in [0, 0.1) is 0 Å². The molecule has 0 fully saturated rings. The van der Waals surface area contributed by atoms with Crippen LogP contribution in [0.25, 0.3) is 0 Å². The number of aliphatic hydroxyl groups is 4. The Labute approximate surface area is 194 Å². The van der Waals surface area contributed by atoms with E-state index in [4.69, 9.17) is 34.9 Å². The van der Waals surface area contributed by atoms with Crippen molar-refractivity contribution in [2.75, 3.05) is 33.0 Å². The van der Waals surface area contributed by atoms with E-state index in [0.717, 1.165) is 12.8 Å². The van der Waals surface area contributed by atoms with Gasteiger partial charge in [0.1, 0.15) is 12.2 Å². The molecule has 9 nitrogen and oxygen atoms in total. The maximum atomic E-state index is 10.6.